The lowest BCUT2D eigenvalue weighted by Crippen LogP contribution is -2.27. The molecule has 0 aliphatic rings. The van der Waals surface area contributed by atoms with Gasteiger partial charge in [0, 0.05) is 29.1 Å². The maximum Gasteiger partial charge on any atom is 0.254 e. The van der Waals surface area contributed by atoms with Crippen molar-refractivity contribution < 1.29 is 23.4 Å². The topological polar surface area (TPSA) is 78.4 Å². The quantitative estimate of drug-likeness (QED) is 0.451. The number of H-pyrrole nitrogens is 1. The molecule has 1 amide bonds. The fourth-order valence-electron chi connectivity index (χ4n) is 3.62. The molecule has 0 aliphatic carbocycles. The van der Waals surface area contributed by atoms with Gasteiger partial charge in [0.25, 0.3) is 5.91 Å². The summed E-state index contributed by atoms with van der Waals surface area (Å²) in [6.07, 6.45) is 1.47. The second-order valence-corrected chi connectivity index (χ2v) is 7.34. The van der Waals surface area contributed by atoms with Gasteiger partial charge in [-0.2, -0.15) is 5.10 Å². The Hall–Kier alpha value is -3.94. The zero-order chi connectivity index (χ0) is 22.8. The van der Waals surface area contributed by atoms with Gasteiger partial charge in [0.2, 0.25) is 0 Å². The van der Waals surface area contributed by atoms with E-state index in [1.807, 2.05) is 6.92 Å². The number of halogens is 2. The molecule has 32 heavy (non-hydrogen) atoms. The van der Waals surface area contributed by atoms with Crippen LogP contribution in [-0.4, -0.2) is 39.8 Å². The summed E-state index contributed by atoms with van der Waals surface area (Å²) in [6.45, 7) is 2.09. The van der Waals surface area contributed by atoms with Crippen molar-refractivity contribution in [2.75, 3.05) is 13.7 Å². The summed E-state index contributed by atoms with van der Waals surface area (Å²) in [5.41, 5.74) is 2.16. The molecule has 0 atom stereocenters. The summed E-state index contributed by atoms with van der Waals surface area (Å²) < 4.78 is 34.0. The van der Waals surface area contributed by atoms with E-state index in [4.69, 9.17) is 4.74 Å². The third-order valence-electron chi connectivity index (χ3n) is 5.16. The SMILES string of the molecule is CCOc1cc(C(=O)N(C)Cc2c(F)c(O)cc3cn[nH]c23)ccc1-c1cccc(F)c1. The number of hydrogen-bond acceptors (Lipinski definition) is 4. The monoisotopic (exact) mass is 437 g/mol. The minimum Gasteiger partial charge on any atom is -0.505 e. The molecule has 0 unspecified atom stereocenters. The van der Waals surface area contributed by atoms with E-state index in [1.54, 1.807) is 30.3 Å². The number of amides is 1. The Balaban J connectivity index is 1.65. The lowest BCUT2D eigenvalue weighted by atomic mass is 10.0. The Bertz CT molecular complexity index is 1300. The van der Waals surface area contributed by atoms with Gasteiger partial charge in [0.05, 0.1) is 24.9 Å². The van der Waals surface area contributed by atoms with Crippen molar-refractivity contribution in [2.24, 2.45) is 0 Å². The third-order valence-corrected chi connectivity index (χ3v) is 5.16. The smallest absolute Gasteiger partial charge is 0.254 e. The first-order valence-electron chi connectivity index (χ1n) is 10.0. The highest BCUT2D eigenvalue weighted by atomic mass is 19.1. The molecule has 0 saturated carbocycles. The Morgan fingerprint density at radius 1 is 1.19 bits per heavy atom. The normalized spacial score (nSPS) is 11.0. The van der Waals surface area contributed by atoms with Crippen LogP contribution in [0.2, 0.25) is 0 Å². The van der Waals surface area contributed by atoms with Gasteiger partial charge in [-0.3, -0.25) is 9.89 Å². The van der Waals surface area contributed by atoms with E-state index in [-0.39, 0.29) is 23.8 Å². The van der Waals surface area contributed by atoms with Crippen molar-refractivity contribution in [3.8, 4) is 22.6 Å². The van der Waals surface area contributed by atoms with Crippen LogP contribution < -0.4 is 4.74 Å². The number of carbonyl (C=O) groups is 1. The van der Waals surface area contributed by atoms with Gasteiger partial charge in [-0.1, -0.05) is 12.1 Å². The number of nitrogens with one attached hydrogen (secondary N) is 1. The predicted molar refractivity (Wildman–Crippen MR) is 117 cm³/mol. The Kier molecular flexibility index (Phi) is 5.77. The first kappa shape index (κ1) is 21.3. The molecule has 0 bridgehead atoms. The summed E-state index contributed by atoms with van der Waals surface area (Å²) >= 11 is 0. The van der Waals surface area contributed by atoms with Crippen LogP contribution in [0.3, 0.4) is 0 Å². The van der Waals surface area contributed by atoms with Crippen LogP contribution >= 0.6 is 0 Å². The number of aromatic amines is 1. The van der Waals surface area contributed by atoms with Gasteiger partial charge >= 0.3 is 0 Å². The van der Waals surface area contributed by atoms with Crippen molar-refractivity contribution in [1.29, 1.82) is 0 Å². The van der Waals surface area contributed by atoms with E-state index in [1.165, 1.54) is 36.3 Å². The van der Waals surface area contributed by atoms with E-state index >= 15 is 0 Å². The molecule has 4 aromatic rings. The first-order chi connectivity index (χ1) is 15.4. The number of aromatic nitrogens is 2. The maximum atomic E-state index is 14.6. The molecule has 0 aliphatic heterocycles. The van der Waals surface area contributed by atoms with Crippen molar-refractivity contribution in [3.63, 3.8) is 0 Å². The zero-order valence-electron chi connectivity index (χ0n) is 17.5. The predicted octanol–water partition coefficient (Wildman–Crippen LogP) is 4.88. The second kappa shape index (κ2) is 8.66. The number of benzene rings is 3. The summed E-state index contributed by atoms with van der Waals surface area (Å²) in [5.74, 6) is -1.61. The molecule has 8 heteroatoms. The number of hydrogen-bond donors (Lipinski definition) is 2. The standard InChI is InChI=1S/C24H21F2N3O3/c1-3-32-21-11-15(7-8-18(21)14-5-4-6-17(25)9-14)24(31)29(2)13-19-22(26)20(30)10-16-12-27-28-23(16)19/h4-12,30H,3,13H2,1-2H3,(H,27,28). The van der Waals surface area contributed by atoms with Crippen LogP contribution in [0.25, 0.3) is 22.0 Å². The highest BCUT2D eigenvalue weighted by Gasteiger charge is 2.20. The number of rotatable bonds is 6. The Morgan fingerprint density at radius 3 is 2.75 bits per heavy atom. The van der Waals surface area contributed by atoms with E-state index in [0.29, 0.717) is 39.9 Å². The lowest BCUT2D eigenvalue weighted by Gasteiger charge is -2.20. The minimum absolute atomic E-state index is 0.0899. The fourth-order valence-corrected chi connectivity index (χ4v) is 3.62. The molecule has 0 saturated heterocycles. The highest BCUT2D eigenvalue weighted by molar-refractivity contribution is 5.96. The van der Waals surface area contributed by atoms with E-state index in [9.17, 15) is 18.7 Å². The van der Waals surface area contributed by atoms with E-state index in [0.717, 1.165) is 0 Å². The van der Waals surface area contributed by atoms with Crippen LogP contribution in [0, 0.1) is 11.6 Å². The highest BCUT2D eigenvalue weighted by Crippen LogP contribution is 2.33. The average Bonchev–Trinajstić information content (AvgIpc) is 3.24. The number of nitrogens with zero attached hydrogens (tertiary/aromatic N) is 2. The zero-order valence-corrected chi connectivity index (χ0v) is 17.5. The summed E-state index contributed by atoms with van der Waals surface area (Å²) in [4.78, 5) is 14.4. The van der Waals surface area contributed by atoms with Crippen LogP contribution in [0.1, 0.15) is 22.8 Å². The van der Waals surface area contributed by atoms with Crippen LogP contribution in [0.5, 0.6) is 11.5 Å². The van der Waals surface area contributed by atoms with E-state index < -0.39 is 11.6 Å². The third kappa shape index (κ3) is 3.99. The van der Waals surface area contributed by atoms with Gasteiger partial charge in [0.1, 0.15) is 11.6 Å². The van der Waals surface area contributed by atoms with Gasteiger partial charge in [-0.15, -0.1) is 0 Å². The summed E-state index contributed by atoms with van der Waals surface area (Å²) in [6, 6.07) is 12.3. The van der Waals surface area contributed by atoms with Crippen LogP contribution in [-0.2, 0) is 6.54 Å². The number of ether oxygens (including phenoxy) is 1. The van der Waals surface area contributed by atoms with Crippen molar-refractivity contribution in [2.45, 2.75) is 13.5 Å². The van der Waals surface area contributed by atoms with E-state index in [2.05, 4.69) is 10.2 Å². The molecule has 6 nitrogen and oxygen atoms in total. The molecule has 3 aromatic carbocycles. The van der Waals surface area contributed by atoms with Crippen LogP contribution in [0.4, 0.5) is 8.78 Å². The van der Waals surface area contributed by atoms with Gasteiger partial charge < -0.3 is 14.7 Å². The minimum atomic E-state index is -0.808. The van der Waals surface area contributed by atoms with Crippen molar-refractivity contribution >= 4 is 16.8 Å². The van der Waals surface area contributed by atoms with Crippen molar-refractivity contribution in [1.82, 2.24) is 15.1 Å². The first-order valence-corrected chi connectivity index (χ1v) is 10.0. The number of phenols is 1. The molecule has 0 fully saturated rings. The lowest BCUT2D eigenvalue weighted by molar-refractivity contribution is 0.0783. The molecule has 1 aromatic heterocycles. The van der Waals surface area contributed by atoms with Crippen LogP contribution in [0.15, 0.2) is 54.7 Å². The number of fused-ring (bicyclic) bond motifs is 1. The molecule has 1 heterocycles. The molecule has 4 rings (SSSR count). The maximum absolute atomic E-state index is 14.6. The Labute approximate surface area is 183 Å². The average molecular weight is 437 g/mol. The largest absolute Gasteiger partial charge is 0.505 e. The molecule has 2 N–H and O–H groups in total. The van der Waals surface area contributed by atoms with Gasteiger partial charge in [0.15, 0.2) is 11.6 Å². The van der Waals surface area contributed by atoms with Gasteiger partial charge in [-0.25, -0.2) is 8.78 Å². The number of carbonyl (C=O) groups excluding carboxylic acids is 1. The summed E-state index contributed by atoms with van der Waals surface area (Å²) in [7, 11) is 1.54. The molecule has 0 radical (unpaired) electrons. The summed E-state index contributed by atoms with van der Waals surface area (Å²) in [5, 5.41) is 17.0. The van der Waals surface area contributed by atoms with Gasteiger partial charge in [-0.05, 0) is 48.9 Å². The number of aromatic hydroxyl groups is 1. The molecular formula is C24H21F2N3O3. The fraction of sp³-hybridized carbons (Fsp3) is 0.167. The number of phenolic OH excluding ortho intramolecular Hbond substituents is 1. The van der Waals surface area contributed by atoms with Crippen molar-refractivity contribution in [3.05, 3.63) is 77.5 Å². The second-order valence-electron chi connectivity index (χ2n) is 7.34. The molecular weight excluding hydrogens is 416 g/mol. The Morgan fingerprint density at radius 2 is 2.00 bits per heavy atom. The molecule has 164 valence electrons. The molecule has 0 spiro atoms.